The zero-order chi connectivity index (χ0) is 12.2. The zero-order valence-electron chi connectivity index (χ0n) is 11.1. The summed E-state index contributed by atoms with van der Waals surface area (Å²) in [6, 6.07) is 11.8. The van der Waals surface area contributed by atoms with Crippen LogP contribution >= 0.6 is 0 Å². The van der Waals surface area contributed by atoms with E-state index in [0.717, 1.165) is 12.0 Å². The first-order valence-corrected chi connectivity index (χ1v) is 7.42. The first-order valence-electron chi connectivity index (χ1n) is 7.42. The van der Waals surface area contributed by atoms with E-state index in [1.54, 1.807) is 0 Å². The molecule has 98 valence electrons. The maximum absolute atomic E-state index is 3.60. The molecule has 3 rings (SSSR count). The van der Waals surface area contributed by atoms with Crippen molar-refractivity contribution in [3.63, 3.8) is 0 Å². The highest BCUT2D eigenvalue weighted by molar-refractivity contribution is 5.20. The van der Waals surface area contributed by atoms with Gasteiger partial charge in [0.25, 0.3) is 0 Å². The summed E-state index contributed by atoms with van der Waals surface area (Å²) >= 11 is 0. The second-order valence-electron chi connectivity index (χ2n) is 5.78. The van der Waals surface area contributed by atoms with Crippen LogP contribution in [-0.4, -0.2) is 37.1 Å². The Balaban J connectivity index is 1.46. The molecule has 0 bridgehead atoms. The van der Waals surface area contributed by atoms with Crippen LogP contribution in [-0.2, 0) is 0 Å². The van der Waals surface area contributed by atoms with Gasteiger partial charge in [0.15, 0.2) is 0 Å². The third-order valence-corrected chi connectivity index (χ3v) is 4.50. The Hall–Kier alpha value is -0.860. The minimum absolute atomic E-state index is 0.766. The molecule has 0 radical (unpaired) electrons. The van der Waals surface area contributed by atoms with Gasteiger partial charge in [-0.1, -0.05) is 30.3 Å². The molecule has 0 saturated carbocycles. The maximum Gasteiger partial charge on any atom is 0.00797 e. The number of nitrogens with one attached hydrogen (secondary N) is 1. The van der Waals surface area contributed by atoms with Crippen LogP contribution in [0.4, 0.5) is 0 Å². The fraction of sp³-hybridized carbons (Fsp3) is 0.625. The van der Waals surface area contributed by atoms with Crippen molar-refractivity contribution >= 4 is 0 Å². The van der Waals surface area contributed by atoms with E-state index in [1.807, 2.05) is 0 Å². The Kier molecular flexibility index (Phi) is 3.96. The van der Waals surface area contributed by atoms with Crippen molar-refractivity contribution in [1.29, 1.82) is 0 Å². The molecule has 2 nitrogen and oxygen atoms in total. The topological polar surface area (TPSA) is 15.3 Å². The Morgan fingerprint density at radius 1 is 1.17 bits per heavy atom. The molecule has 0 aromatic heterocycles. The lowest BCUT2D eigenvalue weighted by Crippen LogP contribution is -2.29. The fourth-order valence-electron chi connectivity index (χ4n) is 3.37. The van der Waals surface area contributed by atoms with E-state index in [2.05, 4.69) is 40.5 Å². The third-order valence-electron chi connectivity index (χ3n) is 4.50. The van der Waals surface area contributed by atoms with Gasteiger partial charge in [-0.2, -0.15) is 0 Å². The normalized spacial score (nSPS) is 28.9. The van der Waals surface area contributed by atoms with Gasteiger partial charge in [0.05, 0.1) is 0 Å². The molecule has 2 fully saturated rings. The lowest BCUT2D eigenvalue weighted by Gasteiger charge is -2.18. The van der Waals surface area contributed by atoms with E-state index < -0.39 is 0 Å². The number of hydrogen-bond donors (Lipinski definition) is 1. The Bertz CT molecular complexity index is 357. The van der Waals surface area contributed by atoms with Crippen LogP contribution in [0.1, 0.15) is 37.2 Å². The summed E-state index contributed by atoms with van der Waals surface area (Å²) in [4.78, 5) is 2.65. The lowest BCUT2D eigenvalue weighted by atomic mass is 9.99. The zero-order valence-corrected chi connectivity index (χ0v) is 11.1. The number of rotatable bonds is 4. The van der Waals surface area contributed by atoms with Crippen molar-refractivity contribution in [2.24, 2.45) is 0 Å². The Morgan fingerprint density at radius 2 is 2.06 bits per heavy atom. The van der Waals surface area contributed by atoms with E-state index in [1.165, 1.54) is 57.4 Å². The molecule has 2 unspecified atom stereocenters. The van der Waals surface area contributed by atoms with Crippen molar-refractivity contribution in [2.75, 3.05) is 26.2 Å². The molecule has 2 heteroatoms. The number of benzene rings is 1. The molecule has 0 spiro atoms. The van der Waals surface area contributed by atoms with Crippen LogP contribution in [0.2, 0.25) is 0 Å². The fourth-order valence-corrected chi connectivity index (χ4v) is 3.37. The molecule has 18 heavy (non-hydrogen) atoms. The van der Waals surface area contributed by atoms with Crippen molar-refractivity contribution < 1.29 is 0 Å². The van der Waals surface area contributed by atoms with Gasteiger partial charge in [0.2, 0.25) is 0 Å². The number of nitrogens with zero attached hydrogens (tertiary/aromatic N) is 1. The van der Waals surface area contributed by atoms with Crippen LogP contribution in [0.5, 0.6) is 0 Å². The highest BCUT2D eigenvalue weighted by Gasteiger charge is 2.24. The van der Waals surface area contributed by atoms with Crippen LogP contribution in [0.3, 0.4) is 0 Å². The molecule has 2 aliphatic heterocycles. The summed E-state index contributed by atoms with van der Waals surface area (Å²) < 4.78 is 0. The molecular weight excluding hydrogens is 220 g/mol. The first-order chi connectivity index (χ1) is 8.92. The van der Waals surface area contributed by atoms with E-state index in [4.69, 9.17) is 0 Å². The van der Waals surface area contributed by atoms with Gasteiger partial charge >= 0.3 is 0 Å². The van der Waals surface area contributed by atoms with Crippen molar-refractivity contribution in [3.8, 4) is 0 Å². The van der Waals surface area contributed by atoms with E-state index >= 15 is 0 Å². The second-order valence-corrected chi connectivity index (χ2v) is 5.78. The minimum Gasteiger partial charge on any atom is -0.314 e. The van der Waals surface area contributed by atoms with Gasteiger partial charge in [0.1, 0.15) is 0 Å². The average Bonchev–Trinajstić information content (AvgIpc) is 3.09. The molecule has 1 aromatic rings. The number of hydrogen-bond acceptors (Lipinski definition) is 2. The molecule has 2 saturated heterocycles. The maximum atomic E-state index is 3.60. The smallest absolute Gasteiger partial charge is 0.00797 e. The predicted molar refractivity (Wildman–Crippen MR) is 75.9 cm³/mol. The lowest BCUT2D eigenvalue weighted by molar-refractivity contribution is 0.312. The van der Waals surface area contributed by atoms with Crippen molar-refractivity contribution in [2.45, 2.75) is 37.6 Å². The van der Waals surface area contributed by atoms with Crippen LogP contribution in [0, 0.1) is 0 Å². The van der Waals surface area contributed by atoms with E-state index in [0.29, 0.717) is 0 Å². The average molecular weight is 244 g/mol. The molecule has 2 heterocycles. The molecule has 2 aliphatic rings. The van der Waals surface area contributed by atoms with Gasteiger partial charge in [-0.25, -0.2) is 0 Å². The monoisotopic (exact) mass is 244 g/mol. The summed E-state index contributed by atoms with van der Waals surface area (Å²) in [6.45, 7) is 5.06. The molecule has 1 aromatic carbocycles. The summed E-state index contributed by atoms with van der Waals surface area (Å²) in [7, 11) is 0. The molecule has 0 amide bonds. The first kappa shape index (κ1) is 12.2. The van der Waals surface area contributed by atoms with Gasteiger partial charge < -0.3 is 10.2 Å². The van der Waals surface area contributed by atoms with Crippen LogP contribution < -0.4 is 5.32 Å². The van der Waals surface area contributed by atoms with Crippen molar-refractivity contribution in [1.82, 2.24) is 10.2 Å². The van der Waals surface area contributed by atoms with Crippen molar-refractivity contribution in [3.05, 3.63) is 35.9 Å². The van der Waals surface area contributed by atoms with Crippen LogP contribution in [0.25, 0.3) is 0 Å². The van der Waals surface area contributed by atoms with Gasteiger partial charge in [-0.3, -0.25) is 0 Å². The molecule has 1 N–H and O–H groups in total. The quantitative estimate of drug-likeness (QED) is 0.876. The number of likely N-dealkylation sites (tertiary alicyclic amines) is 1. The Morgan fingerprint density at radius 3 is 2.83 bits per heavy atom. The van der Waals surface area contributed by atoms with Gasteiger partial charge in [-0.05, 0) is 56.8 Å². The molecule has 0 aliphatic carbocycles. The molecule has 2 atom stereocenters. The minimum atomic E-state index is 0.766. The van der Waals surface area contributed by atoms with E-state index in [-0.39, 0.29) is 0 Å². The summed E-state index contributed by atoms with van der Waals surface area (Å²) in [5.74, 6) is 0.766. The second kappa shape index (κ2) is 5.85. The van der Waals surface area contributed by atoms with Gasteiger partial charge in [-0.15, -0.1) is 0 Å². The SMILES string of the molecule is c1ccc(C2CCN(CCC3CCCN3)C2)cc1. The highest BCUT2D eigenvalue weighted by Crippen LogP contribution is 2.27. The summed E-state index contributed by atoms with van der Waals surface area (Å²) in [5.41, 5.74) is 1.53. The van der Waals surface area contributed by atoms with E-state index in [9.17, 15) is 0 Å². The summed E-state index contributed by atoms with van der Waals surface area (Å²) in [6.07, 6.45) is 5.43. The largest absolute Gasteiger partial charge is 0.314 e. The van der Waals surface area contributed by atoms with Gasteiger partial charge in [0, 0.05) is 12.6 Å². The van der Waals surface area contributed by atoms with Crippen LogP contribution in [0.15, 0.2) is 30.3 Å². The predicted octanol–water partition coefficient (Wildman–Crippen LogP) is 2.62. The summed E-state index contributed by atoms with van der Waals surface area (Å²) in [5, 5.41) is 3.60. The third kappa shape index (κ3) is 2.93. The Labute approximate surface area is 110 Å². The molecular formula is C16H24N2. The standard InChI is InChI=1S/C16H24N2/c1-2-5-14(6-3-1)15-8-11-18(13-15)12-9-16-7-4-10-17-16/h1-3,5-6,15-17H,4,7-13H2. The highest BCUT2D eigenvalue weighted by atomic mass is 15.1.